The maximum atomic E-state index is 11.1. The molecule has 0 spiro atoms. The summed E-state index contributed by atoms with van der Waals surface area (Å²) in [5.41, 5.74) is 1.41. The van der Waals surface area contributed by atoms with Gasteiger partial charge in [-0.15, -0.1) is 0 Å². The molecule has 4 heterocycles. The summed E-state index contributed by atoms with van der Waals surface area (Å²) in [4.78, 5) is 29.2. The lowest BCUT2D eigenvalue weighted by molar-refractivity contribution is 0.0697. The van der Waals surface area contributed by atoms with Gasteiger partial charge in [0.1, 0.15) is 0 Å². The topological polar surface area (TPSA) is 82.4 Å². The second kappa shape index (κ2) is 6.16. The van der Waals surface area contributed by atoms with Crippen molar-refractivity contribution >= 4 is 11.9 Å². The molecule has 2 aliphatic heterocycles. The van der Waals surface area contributed by atoms with Crippen LogP contribution in [0.5, 0.6) is 0 Å². The van der Waals surface area contributed by atoms with E-state index in [1.807, 2.05) is 0 Å². The molecule has 2 saturated heterocycles. The molecule has 2 aliphatic rings. The fourth-order valence-corrected chi connectivity index (χ4v) is 3.52. The predicted molar refractivity (Wildman–Crippen MR) is 89.0 cm³/mol. The molecule has 0 bridgehead atoms. The van der Waals surface area contributed by atoms with Gasteiger partial charge in [0.25, 0.3) is 0 Å². The maximum Gasteiger partial charge on any atom is 0.335 e. The molecule has 4 rings (SSSR count). The lowest BCUT2D eigenvalue weighted by Gasteiger charge is -2.37. The number of rotatable bonds is 3. The number of hydrogen-bond acceptors (Lipinski definition) is 6. The molecular formula is C17H19N5O2. The smallest absolute Gasteiger partial charge is 0.335 e. The fourth-order valence-electron chi connectivity index (χ4n) is 3.52. The van der Waals surface area contributed by atoms with Gasteiger partial charge in [-0.3, -0.25) is 9.88 Å². The minimum absolute atomic E-state index is 0.208. The van der Waals surface area contributed by atoms with Crippen molar-refractivity contribution in [3.05, 3.63) is 36.2 Å². The van der Waals surface area contributed by atoms with E-state index in [1.54, 1.807) is 18.3 Å². The van der Waals surface area contributed by atoms with E-state index in [0.29, 0.717) is 23.4 Å². The summed E-state index contributed by atoms with van der Waals surface area (Å²) in [6, 6.07) is 5.39. The molecule has 0 saturated carbocycles. The Balaban J connectivity index is 1.60. The molecule has 2 aromatic heterocycles. The SMILES string of the molecule is O=C(O)c1ccnc(-c2ccnc(N3CCN4CCC[C@H]4C3)n2)c1. The van der Waals surface area contributed by atoms with Crippen molar-refractivity contribution in [2.75, 3.05) is 31.1 Å². The standard InChI is InChI=1S/C17H19N5O2/c23-16(24)12-3-5-18-15(10-12)14-4-6-19-17(20-14)22-9-8-21-7-1-2-13(21)11-22/h3-6,10,13H,1-2,7-9,11H2,(H,23,24)/t13-/m0/s1. The summed E-state index contributed by atoms with van der Waals surface area (Å²) in [7, 11) is 0. The predicted octanol–water partition coefficient (Wildman–Crippen LogP) is 1.52. The first-order valence-corrected chi connectivity index (χ1v) is 8.22. The fraction of sp³-hybridized carbons (Fsp3) is 0.412. The summed E-state index contributed by atoms with van der Waals surface area (Å²) >= 11 is 0. The van der Waals surface area contributed by atoms with E-state index in [9.17, 15) is 4.79 Å². The highest BCUT2D eigenvalue weighted by Gasteiger charge is 2.31. The van der Waals surface area contributed by atoms with Crippen molar-refractivity contribution in [2.24, 2.45) is 0 Å². The monoisotopic (exact) mass is 325 g/mol. The molecule has 0 aromatic carbocycles. The van der Waals surface area contributed by atoms with Crippen LogP contribution in [0.25, 0.3) is 11.4 Å². The molecule has 2 fully saturated rings. The molecule has 2 aromatic rings. The molecule has 0 amide bonds. The Labute approximate surface area is 140 Å². The van der Waals surface area contributed by atoms with Crippen molar-refractivity contribution in [1.82, 2.24) is 19.9 Å². The number of aromatic nitrogens is 3. The third-order valence-corrected chi connectivity index (χ3v) is 4.78. The van der Waals surface area contributed by atoms with Gasteiger partial charge in [0, 0.05) is 38.1 Å². The summed E-state index contributed by atoms with van der Waals surface area (Å²) < 4.78 is 0. The molecule has 24 heavy (non-hydrogen) atoms. The van der Waals surface area contributed by atoms with Crippen LogP contribution in [0.15, 0.2) is 30.6 Å². The number of fused-ring (bicyclic) bond motifs is 1. The highest BCUT2D eigenvalue weighted by atomic mass is 16.4. The molecular weight excluding hydrogens is 306 g/mol. The molecule has 0 radical (unpaired) electrons. The van der Waals surface area contributed by atoms with E-state index < -0.39 is 5.97 Å². The molecule has 0 unspecified atom stereocenters. The van der Waals surface area contributed by atoms with Gasteiger partial charge in [-0.25, -0.2) is 14.8 Å². The zero-order valence-electron chi connectivity index (χ0n) is 13.3. The minimum Gasteiger partial charge on any atom is -0.478 e. The van der Waals surface area contributed by atoms with Crippen LogP contribution in [0.2, 0.25) is 0 Å². The number of carboxylic acid groups (broad SMARTS) is 1. The first-order chi connectivity index (χ1) is 11.7. The second-order valence-corrected chi connectivity index (χ2v) is 6.25. The van der Waals surface area contributed by atoms with E-state index in [-0.39, 0.29) is 5.56 Å². The molecule has 124 valence electrons. The highest BCUT2D eigenvalue weighted by Crippen LogP contribution is 2.24. The highest BCUT2D eigenvalue weighted by molar-refractivity contribution is 5.88. The Kier molecular flexibility index (Phi) is 3.86. The number of carbonyl (C=O) groups is 1. The average molecular weight is 325 g/mol. The van der Waals surface area contributed by atoms with Gasteiger partial charge in [-0.05, 0) is 37.6 Å². The Bertz CT molecular complexity index is 766. The zero-order valence-corrected chi connectivity index (χ0v) is 13.3. The number of anilines is 1. The third-order valence-electron chi connectivity index (χ3n) is 4.78. The van der Waals surface area contributed by atoms with Crippen LogP contribution in [0.1, 0.15) is 23.2 Å². The van der Waals surface area contributed by atoms with Crippen molar-refractivity contribution in [3.63, 3.8) is 0 Å². The van der Waals surface area contributed by atoms with Crippen LogP contribution in [0, 0.1) is 0 Å². The van der Waals surface area contributed by atoms with Crippen LogP contribution < -0.4 is 4.90 Å². The lowest BCUT2D eigenvalue weighted by Crippen LogP contribution is -2.50. The van der Waals surface area contributed by atoms with Crippen LogP contribution in [-0.2, 0) is 0 Å². The maximum absolute atomic E-state index is 11.1. The minimum atomic E-state index is -0.967. The number of carboxylic acids is 1. The van der Waals surface area contributed by atoms with Gasteiger partial charge in [0.15, 0.2) is 0 Å². The summed E-state index contributed by atoms with van der Waals surface area (Å²) in [5.74, 6) is -0.271. The summed E-state index contributed by atoms with van der Waals surface area (Å²) in [6.45, 7) is 4.12. The Morgan fingerprint density at radius 1 is 1.12 bits per heavy atom. The molecule has 7 nitrogen and oxygen atoms in total. The van der Waals surface area contributed by atoms with Gasteiger partial charge in [-0.1, -0.05) is 0 Å². The van der Waals surface area contributed by atoms with Crippen molar-refractivity contribution in [3.8, 4) is 11.4 Å². The van der Waals surface area contributed by atoms with E-state index in [0.717, 1.165) is 19.6 Å². The number of piperazine rings is 1. The van der Waals surface area contributed by atoms with E-state index in [1.165, 1.54) is 31.6 Å². The van der Waals surface area contributed by atoms with E-state index in [4.69, 9.17) is 5.11 Å². The number of pyridine rings is 1. The third kappa shape index (κ3) is 2.82. The number of hydrogen-bond donors (Lipinski definition) is 1. The Hall–Kier alpha value is -2.54. The van der Waals surface area contributed by atoms with Crippen molar-refractivity contribution < 1.29 is 9.90 Å². The normalized spacial score (nSPS) is 20.8. The first-order valence-electron chi connectivity index (χ1n) is 8.22. The lowest BCUT2D eigenvalue weighted by atomic mass is 10.1. The first kappa shape index (κ1) is 15.0. The molecule has 0 aliphatic carbocycles. The van der Waals surface area contributed by atoms with Gasteiger partial charge in [-0.2, -0.15) is 0 Å². The zero-order chi connectivity index (χ0) is 16.5. The van der Waals surface area contributed by atoms with Crippen molar-refractivity contribution in [2.45, 2.75) is 18.9 Å². The van der Waals surface area contributed by atoms with E-state index >= 15 is 0 Å². The Morgan fingerprint density at radius 2 is 2.00 bits per heavy atom. The van der Waals surface area contributed by atoms with Gasteiger partial charge in [0.05, 0.1) is 17.0 Å². The number of nitrogens with zero attached hydrogens (tertiary/aromatic N) is 5. The van der Waals surface area contributed by atoms with Gasteiger partial charge in [0.2, 0.25) is 5.95 Å². The largest absolute Gasteiger partial charge is 0.478 e. The van der Waals surface area contributed by atoms with Crippen LogP contribution >= 0.6 is 0 Å². The quantitative estimate of drug-likeness (QED) is 0.916. The van der Waals surface area contributed by atoms with Gasteiger partial charge >= 0.3 is 5.97 Å². The molecule has 1 atom stereocenters. The van der Waals surface area contributed by atoms with E-state index in [2.05, 4.69) is 24.8 Å². The Morgan fingerprint density at radius 3 is 2.88 bits per heavy atom. The van der Waals surface area contributed by atoms with Crippen LogP contribution in [0.3, 0.4) is 0 Å². The average Bonchev–Trinajstić information content (AvgIpc) is 3.09. The molecule has 1 N–H and O–H groups in total. The summed E-state index contributed by atoms with van der Waals surface area (Å²) in [6.07, 6.45) is 5.72. The number of aromatic carboxylic acids is 1. The van der Waals surface area contributed by atoms with Crippen LogP contribution in [-0.4, -0.2) is 63.1 Å². The van der Waals surface area contributed by atoms with Gasteiger partial charge < -0.3 is 10.0 Å². The second-order valence-electron chi connectivity index (χ2n) is 6.25. The van der Waals surface area contributed by atoms with Crippen LogP contribution in [0.4, 0.5) is 5.95 Å². The van der Waals surface area contributed by atoms with Crippen molar-refractivity contribution in [1.29, 1.82) is 0 Å². The summed E-state index contributed by atoms with van der Waals surface area (Å²) in [5, 5.41) is 9.13. The molecule has 7 heteroatoms.